The molecule has 0 saturated heterocycles. The average Bonchev–Trinajstić information content (AvgIpc) is 2.20. The summed E-state index contributed by atoms with van der Waals surface area (Å²) in [6.45, 7) is 4.43. The third kappa shape index (κ3) is 5.55. The van der Waals surface area contributed by atoms with Crippen LogP contribution < -0.4 is 0 Å². The van der Waals surface area contributed by atoms with Gasteiger partial charge in [-0.05, 0) is 38.4 Å². The Labute approximate surface area is 96.9 Å². The molecule has 0 spiro atoms. The van der Waals surface area contributed by atoms with E-state index < -0.39 is 0 Å². The van der Waals surface area contributed by atoms with E-state index in [0.29, 0.717) is 17.1 Å². The zero-order valence-corrected chi connectivity index (χ0v) is 10.5. The second-order valence-corrected chi connectivity index (χ2v) is 3.60. The highest BCUT2D eigenvalue weighted by Gasteiger charge is 2.05. The van der Waals surface area contributed by atoms with Crippen LogP contribution in [-0.2, 0) is 0 Å². The lowest BCUT2D eigenvalue weighted by atomic mass is 10.1. The van der Waals surface area contributed by atoms with Crippen LogP contribution in [0.1, 0.15) is 24.2 Å². The SMILES string of the molecule is CC.CN(C)CC(=O)c1ccc(Cl)cc1. The van der Waals surface area contributed by atoms with Crippen molar-refractivity contribution in [1.82, 2.24) is 4.90 Å². The van der Waals surface area contributed by atoms with Gasteiger partial charge < -0.3 is 4.90 Å². The summed E-state index contributed by atoms with van der Waals surface area (Å²) in [5.41, 5.74) is 0.707. The Bertz CT molecular complexity index is 293. The summed E-state index contributed by atoms with van der Waals surface area (Å²) in [4.78, 5) is 13.3. The van der Waals surface area contributed by atoms with Crippen LogP contribution in [0.2, 0.25) is 5.02 Å². The van der Waals surface area contributed by atoms with Crippen LogP contribution in [-0.4, -0.2) is 31.3 Å². The monoisotopic (exact) mass is 227 g/mol. The standard InChI is InChI=1S/C10H12ClNO.C2H6/c1-12(2)7-10(13)8-3-5-9(11)6-4-8;1-2/h3-6H,7H2,1-2H3;1-2H3. The molecular weight excluding hydrogens is 210 g/mol. The van der Waals surface area contributed by atoms with Crippen molar-refractivity contribution in [3.05, 3.63) is 34.9 Å². The molecule has 0 heterocycles. The molecule has 0 unspecified atom stereocenters. The Morgan fingerprint density at radius 3 is 2.07 bits per heavy atom. The molecular formula is C12H18ClNO. The zero-order chi connectivity index (χ0) is 11.8. The van der Waals surface area contributed by atoms with E-state index in [9.17, 15) is 4.79 Å². The Balaban J connectivity index is 0.000000921. The highest BCUT2D eigenvalue weighted by atomic mass is 35.5. The molecule has 0 bridgehead atoms. The quantitative estimate of drug-likeness (QED) is 0.740. The van der Waals surface area contributed by atoms with Gasteiger partial charge >= 0.3 is 0 Å². The smallest absolute Gasteiger partial charge is 0.176 e. The third-order valence-corrected chi connectivity index (χ3v) is 1.88. The predicted octanol–water partition coefficient (Wildman–Crippen LogP) is 3.11. The topological polar surface area (TPSA) is 20.3 Å². The molecule has 0 aliphatic heterocycles. The third-order valence-electron chi connectivity index (χ3n) is 1.63. The van der Waals surface area contributed by atoms with E-state index in [-0.39, 0.29) is 5.78 Å². The molecule has 0 N–H and O–H groups in total. The summed E-state index contributed by atoms with van der Waals surface area (Å²) in [6.07, 6.45) is 0. The molecule has 0 aromatic heterocycles. The van der Waals surface area contributed by atoms with Crippen molar-refractivity contribution in [2.75, 3.05) is 20.6 Å². The molecule has 84 valence electrons. The summed E-state index contributed by atoms with van der Waals surface area (Å²) in [5, 5.41) is 0.654. The number of Topliss-reactive ketones (excluding diaryl/α,β-unsaturated/α-hetero) is 1. The molecule has 0 atom stereocenters. The minimum atomic E-state index is 0.113. The molecule has 1 rings (SSSR count). The van der Waals surface area contributed by atoms with Gasteiger partial charge in [0, 0.05) is 10.6 Å². The normalized spacial score (nSPS) is 9.47. The maximum atomic E-state index is 11.5. The van der Waals surface area contributed by atoms with E-state index in [4.69, 9.17) is 11.6 Å². The second kappa shape index (κ2) is 7.43. The lowest BCUT2D eigenvalue weighted by Gasteiger charge is -2.07. The number of carbonyl (C=O) groups excluding carboxylic acids is 1. The maximum Gasteiger partial charge on any atom is 0.176 e. The van der Waals surface area contributed by atoms with Crippen LogP contribution in [0.3, 0.4) is 0 Å². The Morgan fingerprint density at radius 2 is 1.67 bits per heavy atom. The van der Waals surface area contributed by atoms with Crippen molar-refractivity contribution >= 4 is 17.4 Å². The first-order chi connectivity index (χ1) is 7.09. The van der Waals surface area contributed by atoms with E-state index >= 15 is 0 Å². The van der Waals surface area contributed by atoms with Gasteiger partial charge in [-0.2, -0.15) is 0 Å². The van der Waals surface area contributed by atoms with E-state index in [1.54, 1.807) is 24.3 Å². The molecule has 0 radical (unpaired) electrons. The van der Waals surface area contributed by atoms with E-state index in [1.807, 2.05) is 32.8 Å². The molecule has 0 amide bonds. The molecule has 2 nitrogen and oxygen atoms in total. The fourth-order valence-corrected chi connectivity index (χ4v) is 1.14. The van der Waals surface area contributed by atoms with Crippen molar-refractivity contribution in [2.24, 2.45) is 0 Å². The van der Waals surface area contributed by atoms with Crippen molar-refractivity contribution in [3.8, 4) is 0 Å². The van der Waals surface area contributed by atoms with Crippen LogP contribution in [0.15, 0.2) is 24.3 Å². The predicted molar refractivity (Wildman–Crippen MR) is 65.7 cm³/mol. The maximum absolute atomic E-state index is 11.5. The molecule has 0 fully saturated rings. The van der Waals surface area contributed by atoms with Crippen LogP contribution in [0.5, 0.6) is 0 Å². The number of rotatable bonds is 3. The highest BCUT2D eigenvalue weighted by Crippen LogP contribution is 2.09. The summed E-state index contributed by atoms with van der Waals surface area (Å²) >= 11 is 5.70. The van der Waals surface area contributed by atoms with E-state index in [0.717, 1.165) is 0 Å². The van der Waals surface area contributed by atoms with Gasteiger partial charge in [0.1, 0.15) is 0 Å². The molecule has 1 aromatic carbocycles. The summed E-state index contributed by atoms with van der Waals surface area (Å²) in [6, 6.07) is 6.94. The first kappa shape index (κ1) is 14.1. The molecule has 0 saturated carbocycles. The van der Waals surface area contributed by atoms with E-state index in [2.05, 4.69) is 0 Å². The van der Waals surface area contributed by atoms with Gasteiger partial charge in [0.05, 0.1) is 6.54 Å². The molecule has 15 heavy (non-hydrogen) atoms. The number of halogens is 1. The number of hydrogen-bond donors (Lipinski definition) is 0. The minimum Gasteiger partial charge on any atom is -0.302 e. The van der Waals surface area contributed by atoms with E-state index in [1.165, 1.54) is 0 Å². The van der Waals surface area contributed by atoms with Crippen molar-refractivity contribution in [2.45, 2.75) is 13.8 Å². The number of carbonyl (C=O) groups is 1. The fourth-order valence-electron chi connectivity index (χ4n) is 1.01. The van der Waals surface area contributed by atoms with Gasteiger partial charge in [-0.15, -0.1) is 0 Å². The fraction of sp³-hybridized carbons (Fsp3) is 0.417. The molecule has 0 aliphatic carbocycles. The molecule has 3 heteroatoms. The first-order valence-corrected chi connectivity index (χ1v) is 5.41. The van der Waals surface area contributed by atoms with Gasteiger partial charge in [-0.3, -0.25) is 4.79 Å². The summed E-state index contributed by atoms with van der Waals surface area (Å²) in [7, 11) is 3.74. The second-order valence-electron chi connectivity index (χ2n) is 3.17. The van der Waals surface area contributed by atoms with Crippen LogP contribution >= 0.6 is 11.6 Å². The first-order valence-electron chi connectivity index (χ1n) is 5.03. The molecule has 1 aromatic rings. The van der Waals surface area contributed by atoms with Gasteiger partial charge in [0.2, 0.25) is 0 Å². The summed E-state index contributed by atoms with van der Waals surface area (Å²) in [5.74, 6) is 0.113. The highest BCUT2D eigenvalue weighted by molar-refractivity contribution is 6.30. The number of hydrogen-bond acceptors (Lipinski definition) is 2. The van der Waals surface area contributed by atoms with Crippen molar-refractivity contribution < 1.29 is 4.79 Å². The zero-order valence-electron chi connectivity index (χ0n) is 9.75. The van der Waals surface area contributed by atoms with Crippen LogP contribution in [0.25, 0.3) is 0 Å². The molecule has 0 aliphatic rings. The van der Waals surface area contributed by atoms with Gasteiger partial charge in [0.15, 0.2) is 5.78 Å². The number of ketones is 1. The van der Waals surface area contributed by atoms with Gasteiger partial charge in [-0.1, -0.05) is 25.4 Å². The Morgan fingerprint density at radius 1 is 1.20 bits per heavy atom. The largest absolute Gasteiger partial charge is 0.302 e. The summed E-state index contributed by atoms with van der Waals surface area (Å²) < 4.78 is 0. The average molecular weight is 228 g/mol. The van der Waals surface area contributed by atoms with Crippen molar-refractivity contribution in [1.29, 1.82) is 0 Å². The lowest BCUT2D eigenvalue weighted by Crippen LogP contribution is -2.21. The van der Waals surface area contributed by atoms with Crippen molar-refractivity contribution in [3.63, 3.8) is 0 Å². The van der Waals surface area contributed by atoms with Gasteiger partial charge in [0.25, 0.3) is 0 Å². The Hall–Kier alpha value is -0.860. The van der Waals surface area contributed by atoms with Crippen LogP contribution in [0.4, 0.5) is 0 Å². The van der Waals surface area contributed by atoms with Gasteiger partial charge in [-0.25, -0.2) is 0 Å². The number of likely N-dealkylation sites (N-methyl/N-ethyl adjacent to an activating group) is 1. The lowest BCUT2D eigenvalue weighted by molar-refractivity contribution is 0.0958. The number of nitrogens with zero attached hydrogens (tertiary/aromatic N) is 1. The van der Waals surface area contributed by atoms with Crippen LogP contribution in [0, 0.1) is 0 Å². The Kier molecular flexibility index (Phi) is 7.01. The number of benzene rings is 1. The minimum absolute atomic E-state index is 0.113.